The molecule has 4 rings (SSSR count). The zero-order valence-corrected chi connectivity index (χ0v) is 18.1. The Labute approximate surface area is 190 Å². The summed E-state index contributed by atoms with van der Waals surface area (Å²) in [6.07, 6.45) is 1.35. The Bertz CT molecular complexity index is 1130. The molecule has 0 bridgehead atoms. The van der Waals surface area contributed by atoms with Gasteiger partial charge in [-0.25, -0.2) is 9.69 Å². The van der Waals surface area contributed by atoms with Gasteiger partial charge < -0.3 is 19.5 Å². The van der Waals surface area contributed by atoms with E-state index in [-0.39, 0.29) is 19.8 Å². The second-order valence-corrected chi connectivity index (χ2v) is 8.00. The first kappa shape index (κ1) is 21.6. The fourth-order valence-corrected chi connectivity index (χ4v) is 3.80. The molecule has 0 aromatic heterocycles. The standard InChI is InChI=1S/C22H17BrN2O7/c23-14-2-4-15(5-3-14)25-20(27)10-16(22(25)30)24(19(26)7-8-21(28)29)11-13-1-6-17-18(9-13)32-12-31-17/h1-9,16H,10-12H2,(H,28,29)/b8-7+/t16-/m1/s1. The van der Waals surface area contributed by atoms with Gasteiger partial charge in [-0.1, -0.05) is 22.0 Å². The lowest BCUT2D eigenvalue weighted by molar-refractivity contribution is -0.135. The number of imide groups is 1. The molecule has 0 spiro atoms. The summed E-state index contributed by atoms with van der Waals surface area (Å²) in [6.45, 7) is 0.0534. The third-order valence-corrected chi connectivity index (χ3v) is 5.55. The lowest BCUT2D eigenvalue weighted by atomic mass is 10.1. The predicted octanol–water partition coefficient (Wildman–Crippen LogP) is 2.48. The Morgan fingerprint density at radius 1 is 1.09 bits per heavy atom. The van der Waals surface area contributed by atoms with Crippen molar-refractivity contribution >= 4 is 45.3 Å². The van der Waals surface area contributed by atoms with Crippen LogP contribution in [0, 0.1) is 0 Å². The van der Waals surface area contributed by atoms with E-state index >= 15 is 0 Å². The average molecular weight is 501 g/mol. The molecular formula is C22H17BrN2O7. The molecule has 1 N–H and O–H groups in total. The van der Waals surface area contributed by atoms with Crippen molar-refractivity contribution in [2.75, 3.05) is 11.7 Å². The molecule has 2 aromatic carbocycles. The van der Waals surface area contributed by atoms with Crippen LogP contribution in [0.1, 0.15) is 12.0 Å². The van der Waals surface area contributed by atoms with E-state index in [0.717, 1.165) is 15.4 Å². The van der Waals surface area contributed by atoms with Gasteiger partial charge in [0.25, 0.3) is 5.91 Å². The number of amides is 3. The van der Waals surface area contributed by atoms with Gasteiger partial charge in [-0.05, 0) is 42.0 Å². The summed E-state index contributed by atoms with van der Waals surface area (Å²) < 4.78 is 11.4. The van der Waals surface area contributed by atoms with Crippen LogP contribution >= 0.6 is 15.9 Å². The molecule has 164 valence electrons. The molecule has 10 heteroatoms. The van der Waals surface area contributed by atoms with Crippen molar-refractivity contribution < 1.29 is 33.8 Å². The van der Waals surface area contributed by atoms with Crippen molar-refractivity contribution in [2.45, 2.75) is 19.0 Å². The van der Waals surface area contributed by atoms with E-state index in [9.17, 15) is 19.2 Å². The molecule has 0 radical (unpaired) electrons. The van der Waals surface area contributed by atoms with Gasteiger partial charge in [0.2, 0.25) is 18.6 Å². The van der Waals surface area contributed by atoms with Crippen molar-refractivity contribution in [3.05, 3.63) is 64.7 Å². The van der Waals surface area contributed by atoms with Crippen molar-refractivity contribution in [1.29, 1.82) is 0 Å². The van der Waals surface area contributed by atoms with Crippen LogP contribution in [0.4, 0.5) is 5.69 Å². The Kier molecular flexibility index (Phi) is 5.95. The number of carbonyl (C=O) groups excluding carboxylic acids is 3. The van der Waals surface area contributed by atoms with Gasteiger partial charge in [0.05, 0.1) is 12.1 Å². The molecule has 2 aliphatic heterocycles. The fourth-order valence-electron chi connectivity index (χ4n) is 3.54. The minimum Gasteiger partial charge on any atom is -0.478 e. The van der Waals surface area contributed by atoms with Crippen molar-refractivity contribution in [1.82, 2.24) is 4.90 Å². The number of anilines is 1. The highest BCUT2D eigenvalue weighted by Gasteiger charge is 2.44. The molecule has 2 aromatic rings. The number of hydrogen-bond acceptors (Lipinski definition) is 6. The number of hydrogen-bond donors (Lipinski definition) is 1. The number of aliphatic carboxylic acids is 1. The number of fused-ring (bicyclic) bond motifs is 1. The largest absolute Gasteiger partial charge is 0.478 e. The molecule has 2 aliphatic rings. The smallest absolute Gasteiger partial charge is 0.328 e. The molecule has 3 amide bonds. The molecule has 0 unspecified atom stereocenters. The van der Waals surface area contributed by atoms with E-state index in [2.05, 4.69) is 15.9 Å². The monoisotopic (exact) mass is 500 g/mol. The summed E-state index contributed by atoms with van der Waals surface area (Å²) >= 11 is 3.31. The van der Waals surface area contributed by atoms with Gasteiger partial charge in [-0.15, -0.1) is 0 Å². The van der Waals surface area contributed by atoms with Gasteiger partial charge in [0, 0.05) is 23.2 Å². The molecule has 1 saturated heterocycles. The van der Waals surface area contributed by atoms with Crippen LogP contribution in [0.5, 0.6) is 11.5 Å². The van der Waals surface area contributed by atoms with E-state index < -0.39 is 29.7 Å². The first-order valence-electron chi connectivity index (χ1n) is 9.56. The summed E-state index contributed by atoms with van der Waals surface area (Å²) in [5, 5.41) is 8.89. The lowest BCUT2D eigenvalue weighted by Crippen LogP contribution is -2.44. The van der Waals surface area contributed by atoms with Gasteiger partial charge in [0.15, 0.2) is 11.5 Å². The lowest BCUT2D eigenvalue weighted by Gasteiger charge is -2.26. The Hall–Kier alpha value is -3.66. The van der Waals surface area contributed by atoms with Crippen LogP contribution in [0.2, 0.25) is 0 Å². The number of carboxylic acid groups (broad SMARTS) is 1. The summed E-state index contributed by atoms with van der Waals surface area (Å²) in [7, 11) is 0. The topological polar surface area (TPSA) is 113 Å². The van der Waals surface area contributed by atoms with Gasteiger partial charge in [0.1, 0.15) is 6.04 Å². The summed E-state index contributed by atoms with van der Waals surface area (Å²) in [5.41, 5.74) is 1.02. The molecule has 1 atom stereocenters. The second kappa shape index (κ2) is 8.83. The van der Waals surface area contributed by atoms with Crippen LogP contribution in [0.3, 0.4) is 0 Å². The maximum Gasteiger partial charge on any atom is 0.328 e. The van der Waals surface area contributed by atoms with Gasteiger partial charge >= 0.3 is 5.97 Å². The number of rotatable bonds is 6. The maximum atomic E-state index is 13.2. The second-order valence-electron chi connectivity index (χ2n) is 7.09. The van der Waals surface area contributed by atoms with E-state index in [0.29, 0.717) is 28.8 Å². The predicted molar refractivity (Wildman–Crippen MR) is 115 cm³/mol. The van der Waals surface area contributed by atoms with E-state index in [1.807, 2.05) is 0 Å². The highest BCUT2D eigenvalue weighted by Crippen LogP contribution is 2.34. The third-order valence-electron chi connectivity index (χ3n) is 5.03. The van der Waals surface area contributed by atoms with Gasteiger partial charge in [-0.2, -0.15) is 0 Å². The molecule has 2 heterocycles. The highest BCUT2D eigenvalue weighted by molar-refractivity contribution is 9.10. The first-order chi connectivity index (χ1) is 15.3. The number of halogens is 1. The average Bonchev–Trinajstić information content (AvgIpc) is 3.34. The Morgan fingerprint density at radius 3 is 2.53 bits per heavy atom. The molecule has 1 fully saturated rings. The molecule has 0 saturated carbocycles. The number of ether oxygens (including phenoxy) is 2. The Morgan fingerprint density at radius 2 is 1.81 bits per heavy atom. The summed E-state index contributed by atoms with van der Waals surface area (Å²) in [4.78, 5) is 51.8. The zero-order valence-electron chi connectivity index (χ0n) is 16.6. The maximum absolute atomic E-state index is 13.2. The van der Waals surface area contributed by atoms with Crippen LogP contribution in [0.25, 0.3) is 0 Å². The molecule has 9 nitrogen and oxygen atoms in total. The van der Waals surface area contributed by atoms with Crippen molar-refractivity contribution in [3.63, 3.8) is 0 Å². The van der Waals surface area contributed by atoms with Gasteiger partial charge in [-0.3, -0.25) is 14.4 Å². The summed E-state index contributed by atoms with van der Waals surface area (Å²) in [6, 6.07) is 10.6. The van der Waals surface area contributed by atoms with Crippen LogP contribution in [-0.4, -0.2) is 46.5 Å². The quantitative estimate of drug-likeness (QED) is 0.478. The Balaban J connectivity index is 1.64. The van der Waals surface area contributed by atoms with Crippen molar-refractivity contribution in [2.24, 2.45) is 0 Å². The van der Waals surface area contributed by atoms with Crippen LogP contribution in [-0.2, 0) is 25.7 Å². The van der Waals surface area contributed by atoms with E-state index in [1.165, 1.54) is 4.90 Å². The molecule has 32 heavy (non-hydrogen) atoms. The minimum absolute atomic E-state index is 0.0305. The summed E-state index contributed by atoms with van der Waals surface area (Å²) in [5.74, 6) is -1.95. The van der Waals surface area contributed by atoms with E-state index in [1.54, 1.807) is 42.5 Å². The molecular weight excluding hydrogens is 484 g/mol. The zero-order chi connectivity index (χ0) is 22.8. The highest BCUT2D eigenvalue weighted by atomic mass is 79.9. The number of nitrogens with zero attached hydrogens (tertiary/aromatic N) is 2. The SMILES string of the molecule is O=C(O)/C=C/C(=O)N(Cc1ccc2c(c1)OCO2)[C@@H]1CC(=O)N(c2ccc(Br)cc2)C1=O. The third kappa shape index (κ3) is 4.35. The molecule has 0 aliphatic carbocycles. The van der Waals surface area contributed by atoms with Crippen LogP contribution < -0.4 is 14.4 Å². The first-order valence-corrected chi connectivity index (χ1v) is 10.4. The van der Waals surface area contributed by atoms with Crippen LogP contribution in [0.15, 0.2) is 59.1 Å². The van der Waals surface area contributed by atoms with Crippen molar-refractivity contribution in [3.8, 4) is 11.5 Å². The number of carboxylic acids is 1. The normalized spacial score (nSPS) is 17.3. The minimum atomic E-state index is -1.30. The fraction of sp³-hybridized carbons (Fsp3) is 0.182. The number of benzene rings is 2. The van der Waals surface area contributed by atoms with E-state index in [4.69, 9.17) is 14.6 Å². The number of carbonyl (C=O) groups is 4.